The molecule has 5 aromatic carbocycles. The van der Waals surface area contributed by atoms with Crippen molar-refractivity contribution < 1.29 is 14.4 Å². The standard InChI is InChI=1S/C37H23NO3/c39-35-29-16-8-7-15-28(29)33(34-36(40)30-17-9-10-18-31(30)37(34)41)32(35)23-24-19-21-27(22-20-24)38(25-11-3-1-4-12-25)26-13-5-2-6-14-26/h1-23H/b32-23+. The fraction of sp³-hybridized carbons (Fsp3) is 0. The van der Waals surface area contributed by atoms with E-state index in [0.717, 1.165) is 22.6 Å². The van der Waals surface area contributed by atoms with Crippen LogP contribution >= 0.6 is 0 Å². The molecule has 2 aliphatic carbocycles. The van der Waals surface area contributed by atoms with Crippen molar-refractivity contribution in [1.82, 2.24) is 0 Å². The molecule has 0 N–H and O–H groups in total. The molecular weight excluding hydrogens is 506 g/mol. The largest absolute Gasteiger partial charge is 0.311 e. The van der Waals surface area contributed by atoms with Crippen LogP contribution in [-0.4, -0.2) is 17.3 Å². The Morgan fingerprint density at radius 1 is 0.390 bits per heavy atom. The van der Waals surface area contributed by atoms with Gasteiger partial charge in [0.25, 0.3) is 0 Å². The zero-order valence-electron chi connectivity index (χ0n) is 22.0. The number of rotatable bonds is 4. The summed E-state index contributed by atoms with van der Waals surface area (Å²) in [5, 5.41) is 0. The third-order valence-electron chi connectivity index (χ3n) is 7.57. The minimum atomic E-state index is -0.340. The second-order valence-electron chi connectivity index (χ2n) is 9.98. The van der Waals surface area contributed by atoms with Gasteiger partial charge in [-0.3, -0.25) is 14.4 Å². The zero-order valence-corrected chi connectivity index (χ0v) is 22.0. The Morgan fingerprint density at radius 3 is 1.32 bits per heavy atom. The lowest BCUT2D eigenvalue weighted by Crippen LogP contribution is -2.09. The molecule has 0 saturated carbocycles. The highest BCUT2D eigenvalue weighted by Crippen LogP contribution is 2.43. The molecule has 41 heavy (non-hydrogen) atoms. The van der Waals surface area contributed by atoms with Gasteiger partial charge in [0.15, 0.2) is 17.3 Å². The van der Waals surface area contributed by atoms with Crippen LogP contribution in [0.1, 0.15) is 42.2 Å². The second kappa shape index (κ2) is 9.85. The van der Waals surface area contributed by atoms with Gasteiger partial charge in [0.2, 0.25) is 0 Å². The van der Waals surface area contributed by atoms with Crippen molar-refractivity contribution in [3.05, 3.63) is 172 Å². The summed E-state index contributed by atoms with van der Waals surface area (Å²) in [5.74, 6) is -0.876. The molecular formula is C37H23NO3. The maximum absolute atomic E-state index is 13.7. The minimum absolute atomic E-state index is 0.0618. The maximum atomic E-state index is 13.7. The lowest BCUT2D eigenvalue weighted by molar-refractivity contribution is 0.0989. The molecule has 0 heterocycles. The van der Waals surface area contributed by atoms with Crippen molar-refractivity contribution in [3.8, 4) is 0 Å². The van der Waals surface area contributed by atoms with Crippen LogP contribution in [0, 0.1) is 0 Å². The number of carbonyl (C=O) groups is 3. The van der Waals surface area contributed by atoms with Gasteiger partial charge in [-0.2, -0.15) is 0 Å². The van der Waals surface area contributed by atoms with Crippen LogP contribution in [0.15, 0.2) is 145 Å². The quantitative estimate of drug-likeness (QED) is 0.174. The van der Waals surface area contributed by atoms with E-state index in [-0.39, 0.29) is 22.9 Å². The van der Waals surface area contributed by atoms with Gasteiger partial charge < -0.3 is 4.90 Å². The van der Waals surface area contributed by atoms with Crippen LogP contribution in [0.3, 0.4) is 0 Å². The summed E-state index contributed by atoms with van der Waals surface area (Å²) >= 11 is 0. The molecule has 4 heteroatoms. The molecule has 0 spiro atoms. The Hall–Kier alpha value is -5.61. The molecule has 194 valence electrons. The number of anilines is 3. The molecule has 0 bridgehead atoms. The molecule has 0 atom stereocenters. The lowest BCUT2D eigenvalue weighted by Gasteiger charge is -2.25. The summed E-state index contributed by atoms with van der Waals surface area (Å²) in [7, 11) is 0. The lowest BCUT2D eigenvalue weighted by atomic mass is 9.94. The number of Topliss-reactive ketones (excluding diaryl/α,β-unsaturated/α-hetero) is 3. The summed E-state index contributed by atoms with van der Waals surface area (Å²) in [5.41, 5.74) is 6.49. The van der Waals surface area contributed by atoms with Gasteiger partial charge in [0, 0.05) is 44.9 Å². The fourth-order valence-electron chi connectivity index (χ4n) is 5.68. The smallest absolute Gasteiger partial charge is 0.198 e. The van der Waals surface area contributed by atoms with Crippen molar-refractivity contribution in [1.29, 1.82) is 0 Å². The number of hydrogen-bond acceptors (Lipinski definition) is 4. The molecule has 0 aromatic heterocycles. The number of ketones is 3. The van der Waals surface area contributed by atoms with Gasteiger partial charge in [-0.1, -0.05) is 97.1 Å². The van der Waals surface area contributed by atoms with Crippen LogP contribution in [0.25, 0.3) is 11.6 Å². The number of hydrogen-bond donors (Lipinski definition) is 0. The van der Waals surface area contributed by atoms with Crippen molar-refractivity contribution in [2.45, 2.75) is 0 Å². The van der Waals surface area contributed by atoms with E-state index in [1.165, 1.54) is 0 Å². The first kappa shape index (κ1) is 24.4. The zero-order chi connectivity index (χ0) is 27.9. The van der Waals surface area contributed by atoms with E-state index >= 15 is 0 Å². The van der Waals surface area contributed by atoms with E-state index in [1.807, 2.05) is 66.7 Å². The van der Waals surface area contributed by atoms with Crippen LogP contribution in [0.4, 0.5) is 17.1 Å². The summed E-state index contributed by atoms with van der Waals surface area (Å²) in [4.78, 5) is 42.8. The normalized spacial score (nSPS) is 14.9. The van der Waals surface area contributed by atoms with Crippen LogP contribution in [-0.2, 0) is 0 Å². The monoisotopic (exact) mass is 529 g/mol. The topological polar surface area (TPSA) is 54.5 Å². The summed E-state index contributed by atoms with van der Waals surface area (Å²) in [6.07, 6.45) is 1.79. The molecule has 2 aliphatic rings. The number of allylic oxidation sites excluding steroid dienone is 3. The van der Waals surface area contributed by atoms with E-state index in [2.05, 4.69) is 29.2 Å². The van der Waals surface area contributed by atoms with Gasteiger partial charge in [-0.05, 0) is 53.6 Å². The molecule has 0 fully saturated rings. The maximum Gasteiger partial charge on any atom is 0.198 e. The van der Waals surface area contributed by atoms with Crippen molar-refractivity contribution in [2.24, 2.45) is 0 Å². The minimum Gasteiger partial charge on any atom is -0.311 e. The first-order chi connectivity index (χ1) is 20.1. The molecule has 7 rings (SSSR count). The number of fused-ring (bicyclic) bond motifs is 2. The second-order valence-corrected chi connectivity index (χ2v) is 9.98. The van der Waals surface area contributed by atoms with Gasteiger partial charge in [-0.25, -0.2) is 0 Å². The SMILES string of the molecule is O=C1C(=C2/C(=C\c3ccc(N(c4ccccc4)c4ccccc4)cc3)C(=O)c3ccccc32)C(=O)c2ccccc21. The van der Waals surface area contributed by atoms with E-state index in [9.17, 15) is 14.4 Å². The van der Waals surface area contributed by atoms with Crippen molar-refractivity contribution >= 4 is 46.1 Å². The van der Waals surface area contributed by atoms with E-state index < -0.39 is 0 Å². The summed E-state index contributed by atoms with van der Waals surface area (Å²) in [6.45, 7) is 0. The third-order valence-corrected chi connectivity index (χ3v) is 7.57. The summed E-state index contributed by atoms with van der Waals surface area (Å²) < 4.78 is 0. The first-order valence-electron chi connectivity index (χ1n) is 13.4. The van der Waals surface area contributed by atoms with Gasteiger partial charge in [-0.15, -0.1) is 0 Å². The number of benzene rings is 5. The Kier molecular flexibility index (Phi) is 5.87. The van der Waals surface area contributed by atoms with Crippen LogP contribution < -0.4 is 4.90 Å². The van der Waals surface area contributed by atoms with E-state index in [4.69, 9.17) is 0 Å². The molecule has 4 nitrogen and oxygen atoms in total. The van der Waals surface area contributed by atoms with Crippen LogP contribution in [0.2, 0.25) is 0 Å². The third kappa shape index (κ3) is 4.05. The van der Waals surface area contributed by atoms with Crippen molar-refractivity contribution in [3.63, 3.8) is 0 Å². The van der Waals surface area contributed by atoms with Crippen LogP contribution in [0.5, 0.6) is 0 Å². The predicted octanol–water partition coefficient (Wildman–Crippen LogP) is 8.27. The Balaban J connectivity index is 1.34. The highest BCUT2D eigenvalue weighted by Gasteiger charge is 2.41. The Morgan fingerprint density at radius 2 is 0.805 bits per heavy atom. The molecule has 0 amide bonds. The van der Waals surface area contributed by atoms with E-state index in [1.54, 1.807) is 48.5 Å². The average Bonchev–Trinajstić information content (AvgIpc) is 3.44. The Bertz CT molecular complexity index is 1840. The predicted molar refractivity (Wildman–Crippen MR) is 162 cm³/mol. The van der Waals surface area contributed by atoms with E-state index in [0.29, 0.717) is 33.4 Å². The highest BCUT2D eigenvalue weighted by atomic mass is 16.2. The molecule has 5 aromatic rings. The fourth-order valence-corrected chi connectivity index (χ4v) is 5.68. The van der Waals surface area contributed by atoms with Crippen molar-refractivity contribution in [2.75, 3.05) is 4.90 Å². The highest BCUT2D eigenvalue weighted by molar-refractivity contribution is 6.46. The molecule has 0 aliphatic heterocycles. The first-order valence-corrected chi connectivity index (χ1v) is 13.4. The molecule has 0 radical (unpaired) electrons. The van der Waals surface area contributed by atoms with Gasteiger partial charge >= 0.3 is 0 Å². The Labute approximate surface area is 237 Å². The number of para-hydroxylation sites is 2. The van der Waals surface area contributed by atoms with Gasteiger partial charge in [0.05, 0.1) is 5.57 Å². The number of carbonyl (C=O) groups excluding carboxylic acids is 3. The molecule has 0 unspecified atom stereocenters. The molecule has 0 saturated heterocycles. The summed E-state index contributed by atoms with van der Waals surface area (Å²) in [6, 6.07) is 42.2. The van der Waals surface area contributed by atoms with Gasteiger partial charge in [0.1, 0.15) is 0 Å². The number of nitrogens with zero attached hydrogens (tertiary/aromatic N) is 1. The average molecular weight is 530 g/mol.